The second-order valence-corrected chi connectivity index (χ2v) is 7.13. The molecular formula is C16H24N4OS. The van der Waals surface area contributed by atoms with Crippen molar-refractivity contribution in [3.63, 3.8) is 0 Å². The molecule has 0 saturated carbocycles. The van der Waals surface area contributed by atoms with E-state index in [1.54, 1.807) is 11.3 Å². The first kappa shape index (κ1) is 15.6. The summed E-state index contributed by atoms with van der Waals surface area (Å²) in [4.78, 5) is 5.82. The van der Waals surface area contributed by atoms with Gasteiger partial charge in [0.15, 0.2) is 0 Å². The zero-order valence-electron chi connectivity index (χ0n) is 13.5. The second kappa shape index (κ2) is 6.89. The van der Waals surface area contributed by atoms with Crippen LogP contribution in [0.1, 0.15) is 40.6 Å². The molecule has 3 heterocycles. The summed E-state index contributed by atoms with van der Waals surface area (Å²) in [6.45, 7) is 9.86. The predicted octanol–water partition coefficient (Wildman–Crippen LogP) is 2.84. The molecule has 1 N–H and O–H groups in total. The van der Waals surface area contributed by atoms with Crippen LogP contribution in [-0.4, -0.2) is 27.9 Å². The molecule has 0 bridgehead atoms. The summed E-state index contributed by atoms with van der Waals surface area (Å²) < 4.78 is 7.90. The summed E-state index contributed by atoms with van der Waals surface area (Å²) in [5, 5.41) is 9.09. The Morgan fingerprint density at radius 1 is 1.45 bits per heavy atom. The van der Waals surface area contributed by atoms with Crippen molar-refractivity contribution in [1.29, 1.82) is 0 Å². The van der Waals surface area contributed by atoms with Gasteiger partial charge < -0.3 is 10.1 Å². The molecule has 0 unspecified atom stereocenters. The van der Waals surface area contributed by atoms with Crippen molar-refractivity contribution in [2.45, 2.75) is 46.4 Å². The molecule has 1 saturated heterocycles. The molecule has 2 aromatic heterocycles. The van der Waals surface area contributed by atoms with Crippen LogP contribution in [0.15, 0.2) is 12.4 Å². The van der Waals surface area contributed by atoms with E-state index in [9.17, 15) is 0 Å². The van der Waals surface area contributed by atoms with Crippen LogP contribution in [0.25, 0.3) is 0 Å². The number of hydrogen-bond acceptors (Lipinski definition) is 5. The lowest BCUT2D eigenvalue weighted by molar-refractivity contribution is 0.0904. The molecule has 1 aliphatic rings. The number of hydrogen-bond donors (Lipinski definition) is 1. The summed E-state index contributed by atoms with van der Waals surface area (Å²) in [5.74, 6) is 0.517. The highest BCUT2D eigenvalue weighted by Crippen LogP contribution is 2.34. The molecule has 3 rings (SSSR count). The molecule has 2 aromatic rings. The van der Waals surface area contributed by atoms with Gasteiger partial charge in [0.2, 0.25) is 0 Å². The van der Waals surface area contributed by atoms with Gasteiger partial charge in [0.05, 0.1) is 23.0 Å². The average Bonchev–Trinajstić information content (AvgIpc) is 3.19. The van der Waals surface area contributed by atoms with Gasteiger partial charge in [0.25, 0.3) is 0 Å². The van der Waals surface area contributed by atoms with Gasteiger partial charge in [0, 0.05) is 48.8 Å². The van der Waals surface area contributed by atoms with Gasteiger partial charge in [-0.3, -0.25) is 4.68 Å². The fourth-order valence-electron chi connectivity index (χ4n) is 3.02. The van der Waals surface area contributed by atoms with Crippen molar-refractivity contribution in [3.8, 4) is 0 Å². The number of nitrogens with zero attached hydrogens (tertiary/aromatic N) is 3. The lowest BCUT2D eigenvalue weighted by atomic mass is 9.97. The quantitative estimate of drug-likeness (QED) is 0.889. The van der Waals surface area contributed by atoms with Gasteiger partial charge in [-0.15, -0.1) is 11.3 Å². The van der Waals surface area contributed by atoms with Gasteiger partial charge in [-0.25, -0.2) is 4.98 Å². The number of nitrogens with one attached hydrogen (secondary N) is 1. The number of aromatic nitrogens is 3. The average molecular weight is 320 g/mol. The summed E-state index contributed by atoms with van der Waals surface area (Å²) >= 11 is 1.78. The molecule has 0 aliphatic carbocycles. The Morgan fingerprint density at radius 3 is 3.00 bits per heavy atom. The van der Waals surface area contributed by atoms with Crippen molar-refractivity contribution in [3.05, 3.63) is 33.5 Å². The van der Waals surface area contributed by atoms with E-state index in [2.05, 4.69) is 42.4 Å². The van der Waals surface area contributed by atoms with Crippen molar-refractivity contribution >= 4 is 11.3 Å². The largest absolute Gasteiger partial charge is 0.373 e. The standard InChI is InChI=1S/C16H24N4OS/c1-4-20-10-14(8-18-20)16-13(5-6-21-16)7-17-9-15-11(2)19-12(3)22-15/h8,10,13,16-17H,4-7,9H2,1-3H3/t13-,16-/m0/s1. The van der Waals surface area contributed by atoms with Crippen LogP contribution in [0.5, 0.6) is 0 Å². The van der Waals surface area contributed by atoms with Crippen molar-refractivity contribution in [2.75, 3.05) is 13.2 Å². The van der Waals surface area contributed by atoms with Crippen LogP contribution in [0, 0.1) is 19.8 Å². The van der Waals surface area contributed by atoms with Crippen LogP contribution in [0.2, 0.25) is 0 Å². The molecule has 0 radical (unpaired) electrons. The molecule has 0 aromatic carbocycles. The molecule has 2 atom stereocenters. The van der Waals surface area contributed by atoms with E-state index in [0.717, 1.165) is 43.4 Å². The molecule has 6 heteroatoms. The Morgan fingerprint density at radius 2 is 2.32 bits per heavy atom. The number of rotatable bonds is 6. The van der Waals surface area contributed by atoms with Crippen molar-refractivity contribution < 1.29 is 4.74 Å². The lowest BCUT2D eigenvalue weighted by Gasteiger charge is -2.17. The normalized spacial score (nSPS) is 21.6. The Bertz CT molecular complexity index is 621. The zero-order chi connectivity index (χ0) is 15.5. The van der Waals surface area contributed by atoms with E-state index in [4.69, 9.17) is 4.74 Å². The van der Waals surface area contributed by atoms with Crippen molar-refractivity contribution in [2.24, 2.45) is 5.92 Å². The fraction of sp³-hybridized carbons (Fsp3) is 0.625. The van der Waals surface area contributed by atoms with Crippen LogP contribution < -0.4 is 5.32 Å². The van der Waals surface area contributed by atoms with Crippen LogP contribution in [0.4, 0.5) is 0 Å². The van der Waals surface area contributed by atoms with Crippen LogP contribution >= 0.6 is 11.3 Å². The third kappa shape index (κ3) is 3.39. The number of ether oxygens (including phenoxy) is 1. The highest BCUT2D eigenvalue weighted by atomic mass is 32.1. The Hall–Kier alpha value is -1.24. The first-order valence-electron chi connectivity index (χ1n) is 7.95. The monoisotopic (exact) mass is 320 g/mol. The summed E-state index contributed by atoms with van der Waals surface area (Å²) in [6.07, 6.45) is 5.34. The minimum atomic E-state index is 0.178. The maximum atomic E-state index is 5.94. The Kier molecular flexibility index (Phi) is 4.90. The van der Waals surface area contributed by atoms with E-state index >= 15 is 0 Å². The second-order valence-electron chi connectivity index (χ2n) is 5.84. The summed E-state index contributed by atoms with van der Waals surface area (Å²) in [7, 11) is 0. The lowest BCUT2D eigenvalue weighted by Crippen LogP contribution is -2.24. The maximum Gasteiger partial charge on any atom is 0.0900 e. The number of thiazole rings is 1. The zero-order valence-corrected chi connectivity index (χ0v) is 14.3. The molecule has 5 nitrogen and oxygen atoms in total. The van der Waals surface area contributed by atoms with Crippen LogP contribution in [-0.2, 0) is 17.8 Å². The molecule has 0 amide bonds. The summed E-state index contributed by atoms with van der Waals surface area (Å²) in [5.41, 5.74) is 2.36. The van der Waals surface area contributed by atoms with Crippen LogP contribution in [0.3, 0.4) is 0 Å². The Balaban J connectivity index is 1.56. The minimum absolute atomic E-state index is 0.178. The highest BCUT2D eigenvalue weighted by Gasteiger charge is 2.30. The first-order chi connectivity index (χ1) is 10.7. The van der Waals surface area contributed by atoms with Crippen molar-refractivity contribution in [1.82, 2.24) is 20.1 Å². The third-order valence-electron chi connectivity index (χ3n) is 4.21. The van der Waals surface area contributed by atoms with Gasteiger partial charge in [-0.1, -0.05) is 0 Å². The molecule has 1 aliphatic heterocycles. The third-order valence-corrected chi connectivity index (χ3v) is 5.28. The molecule has 120 valence electrons. The molecule has 0 spiro atoms. The van der Waals surface area contributed by atoms with Gasteiger partial charge in [-0.05, 0) is 27.2 Å². The topological polar surface area (TPSA) is 52.0 Å². The highest BCUT2D eigenvalue weighted by molar-refractivity contribution is 7.11. The summed E-state index contributed by atoms with van der Waals surface area (Å²) in [6, 6.07) is 0. The fourth-order valence-corrected chi connectivity index (χ4v) is 3.93. The smallest absolute Gasteiger partial charge is 0.0900 e. The van der Waals surface area contributed by atoms with Gasteiger partial charge in [0.1, 0.15) is 0 Å². The van der Waals surface area contributed by atoms with E-state index in [-0.39, 0.29) is 6.10 Å². The number of aryl methyl sites for hydroxylation is 3. The van der Waals surface area contributed by atoms with E-state index < -0.39 is 0 Å². The van der Waals surface area contributed by atoms with E-state index in [1.165, 1.54) is 10.4 Å². The molecule has 22 heavy (non-hydrogen) atoms. The predicted molar refractivity (Wildman–Crippen MR) is 88.0 cm³/mol. The van der Waals surface area contributed by atoms with Gasteiger partial charge >= 0.3 is 0 Å². The Labute approximate surface area is 135 Å². The maximum absolute atomic E-state index is 5.94. The first-order valence-corrected chi connectivity index (χ1v) is 8.76. The van der Waals surface area contributed by atoms with E-state index in [1.807, 2.05) is 10.9 Å². The van der Waals surface area contributed by atoms with Gasteiger partial charge in [-0.2, -0.15) is 5.10 Å². The molecule has 1 fully saturated rings. The molecular weight excluding hydrogens is 296 g/mol. The minimum Gasteiger partial charge on any atom is -0.373 e. The SMILES string of the molecule is CCn1cc([C@H]2OCC[C@H]2CNCc2sc(C)nc2C)cn1. The van der Waals surface area contributed by atoms with E-state index in [0.29, 0.717) is 5.92 Å².